The molecule has 0 fully saturated rings. The zero-order chi connectivity index (χ0) is 12.3. The Kier molecular flexibility index (Phi) is 3.24. The molecule has 0 bridgehead atoms. The Hall–Kier alpha value is -2.09. The Bertz CT molecular complexity index is 510. The van der Waals surface area contributed by atoms with Crippen LogP contribution in [0.5, 0.6) is 0 Å². The Balaban J connectivity index is 2.25. The van der Waals surface area contributed by atoms with Gasteiger partial charge in [0.05, 0.1) is 11.4 Å². The molecule has 2 heteroatoms. The molecule has 0 radical (unpaired) electrons. The summed E-state index contributed by atoms with van der Waals surface area (Å²) in [5.74, 6) is 0. The Morgan fingerprint density at radius 2 is 1.76 bits per heavy atom. The first-order valence-corrected chi connectivity index (χ1v) is 5.62. The second-order valence-corrected chi connectivity index (χ2v) is 4.09. The SMILES string of the molecule is C=C(Nc1c(C)cccc1C)c1ccccn1. The van der Waals surface area contributed by atoms with Gasteiger partial charge in [0.15, 0.2) is 0 Å². The summed E-state index contributed by atoms with van der Waals surface area (Å²) in [6, 6.07) is 12.0. The third-order valence-electron chi connectivity index (χ3n) is 2.73. The van der Waals surface area contributed by atoms with Crippen molar-refractivity contribution in [2.45, 2.75) is 13.8 Å². The van der Waals surface area contributed by atoms with E-state index in [-0.39, 0.29) is 0 Å². The largest absolute Gasteiger partial charge is 0.354 e. The smallest absolute Gasteiger partial charge is 0.0858 e. The highest BCUT2D eigenvalue weighted by Crippen LogP contribution is 2.23. The minimum absolute atomic E-state index is 0.822. The molecule has 2 nitrogen and oxygen atoms in total. The van der Waals surface area contributed by atoms with Crippen LogP contribution in [0.4, 0.5) is 5.69 Å². The van der Waals surface area contributed by atoms with Gasteiger partial charge in [-0.2, -0.15) is 0 Å². The van der Waals surface area contributed by atoms with Crippen molar-refractivity contribution in [3.63, 3.8) is 0 Å². The lowest BCUT2D eigenvalue weighted by molar-refractivity contribution is 1.26. The van der Waals surface area contributed by atoms with Crippen molar-refractivity contribution in [1.82, 2.24) is 4.98 Å². The van der Waals surface area contributed by atoms with Crippen LogP contribution >= 0.6 is 0 Å². The van der Waals surface area contributed by atoms with E-state index in [1.807, 2.05) is 18.2 Å². The molecule has 0 aliphatic heterocycles. The van der Waals surface area contributed by atoms with E-state index in [9.17, 15) is 0 Å². The summed E-state index contributed by atoms with van der Waals surface area (Å²) in [6.45, 7) is 8.20. The van der Waals surface area contributed by atoms with Crippen molar-refractivity contribution in [2.75, 3.05) is 5.32 Å². The van der Waals surface area contributed by atoms with Crippen LogP contribution in [-0.2, 0) is 0 Å². The Labute approximate surface area is 102 Å². The Morgan fingerprint density at radius 3 is 2.35 bits per heavy atom. The first-order valence-electron chi connectivity index (χ1n) is 5.62. The summed E-state index contributed by atoms with van der Waals surface area (Å²) in [6.07, 6.45) is 1.77. The number of benzene rings is 1. The van der Waals surface area contributed by atoms with Crippen molar-refractivity contribution < 1.29 is 0 Å². The van der Waals surface area contributed by atoms with Crippen LogP contribution in [0.1, 0.15) is 16.8 Å². The van der Waals surface area contributed by atoms with Crippen LogP contribution in [0.2, 0.25) is 0 Å². The molecule has 1 aromatic heterocycles. The van der Waals surface area contributed by atoms with E-state index in [0.717, 1.165) is 17.1 Å². The molecule has 2 rings (SSSR count). The van der Waals surface area contributed by atoms with E-state index in [1.165, 1.54) is 11.1 Å². The molecule has 17 heavy (non-hydrogen) atoms. The highest BCUT2D eigenvalue weighted by molar-refractivity contribution is 5.76. The minimum Gasteiger partial charge on any atom is -0.354 e. The lowest BCUT2D eigenvalue weighted by atomic mass is 10.1. The van der Waals surface area contributed by atoms with E-state index in [4.69, 9.17) is 0 Å². The van der Waals surface area contributed by atoms with Crippen molar-refractivity contribution in [1.29, 1.82) is 0 Å². The second kappa shape index (κ2) is 4.83. The standard InChI is InChI=1S/C15H16N2/c1-11-7-6-8-12(2)15(11)17-13(3)14-9-4-5-10-16-14/h4-10,17H,3H2,1-2H3. The van der Waals surface area contributed by atoms with Crippen LogP contribution in [0.25, 0.3) is 5.70 Å². The predicted molar refractivity (Wildman–Crippen MR) is 72.8 cm³/mol. The first kappa shape index (κ1) is 11.4. The van der Waals surface area contributed by atoms with Gasteiger partial charge in [-0.1, -0.05) is 30.8 Å². The minimum atomic E-state index is 0.822. The van der Waals surface area contributed by atoms with Crippen LogP contribution in [-0.4, -0.2) is 4.98 Å². The molecule has 0 spiro atoms. The quantitative estimate of drug-likeness (QED) is 0.858. The van der Waals surface area contributed by atoms with Gasteiger partial charge in [0.25, 0.3) is 0 Å². The van der Waals surface area contributed by atoms with Gasteiger partial charge in [-0.25, -0.2) is 0 Å². The highest BCUT2D eigenvalue weighted by Gasteiger charge is 2.04. The zero-order valence-corrected chi connectivity index (χ0v) is 10.2. The maximum absolute atomic E-state index is 4.27. The normalized spacial score (nSPS) is 10.0. The number of anilines is 1. The molecule has 1 heterocycles. The van der Waals surface area contributed by atoms with Gasteiger partial charge >= 0.3 is 0 Å². The highest BCUT2D eigenvalue weighted by atomic mass is 14.9. The maximum atomic E-state index is 4.27. The van der Waals surface area contributed by atoms with Gasteiger partial charge < -0.3 is 5.32 Å². The maximum Gasteiger partial charge on any atom is 0.0858 e. The van der Waals surface area contributed by atoms with Crippen molar-refractivity contribution >= 4 is 11.4 Å². The van der Waals surface area contributed by atoms with Crippen LogP contribution < -0.4 is 5.32 Å². The number of aromatic nitrogens is 1. The second-order valence-electron chi connectivity index (χ2n) is 4.09. The summed E-state index contributed by atoms with van der Waals surface area (Å²) < 4.78 is 0. The fraction of sp³-hybridized carbons (Fsp3) is 0.133. The molecular weight excluding hydrogens is 208 g/mol. The van der Waals surface area contributed by atoms with Crippen LogP contribution in [0, 0.1) is 13.8 Å². The predicted octanol–water partition coefficient (Wildman–Crippen LogP) is 3.78. The van der Waals surface area contributed by atoms with Gasteiger partial charge in [-0.15, -0.1) is 0 Å². The number of hydrogen-bond acceptors (Lipinski definition) is 2. The average Bonchev–Trinajstić information content (AvgIpc) is 2.35. The summed E-state index contributed by atoms with van der Waals surface area (Å²) in [4.78, 5) is 4.27. The number of aryl methyl sites for hydroxylation is 2. The number of nitrogens with one attached hydrogen (secondary N) is 1. The summed E-state index contributed by atoms with van der Waals surface area (Å²) >= 11 is 0. The van der Waals surface area contributed by atoms with Crippen molar-refractivity contribution in [2.24, 2.45) is 0 Å². The number of nitrogens with zero attached hydrogens (tertiary/aromatic N) is 1. The van der Waals surface area contributed by atoms with Crippen LogP contribution in [0.3, 0.4) is 0 Å². The molecule has 0 amide bonds. The Morgan fingerprint density at radius 1 is 1.06 bits per heavy atom. The van der Waals surface area contributed by atoms with Gasteiger partial charge in [0.2, 0.25) is 0 Å². The lowest BCUT2D eigenvalue weighted by Gasteiger charge is -2.14. The topological polar surface area (TPSA) is 24.9 Å². The van der Waals surface area contributed by atoms with Crippen LogP contribution in [0.15, 0.2) is 49.2 Å². The molecule has 0 aliphatic rings. The number of pyridine rings is 1. The molecule has 0 atom stereocenters. The lowest BCUT2D eigenvalue weighted by Crippen LogP contribution is -2.02. The van der Waals surface area contributed by atoms with Gasteiger partial charge in [0.1, 0.15) is 0 Å². The average molecular weight is 224 g/mol. The molecule has 2 aromatic rings. The molecule has 0 saturated heterocycles. The number of rotatable bonds is 3. The zero-order valence-electron chi connectivity index (χ0n) is 10.2. The summed E-state index contributed by atoms with van der Waals surface area (Å²) in [5.41, 5.74) is 5.23. The van der Waals surface area contributed by atoms with E-state index in [2.05, 4.69) is 48.9 Å². The van der Waals surface area contributed by atoms with E-state index in [0.29, 0.717) is 0 Å². The van der Waals surface area contributed by atoms with E-state index < -0.39 is 0 Å². The van der Waals surface area contributed by atoms with Crippen molar-refractivity contribution in [3.8, 4) is 0 Å². The molecule has 0 aliphatic carbocycles. The van der Waals surface area contributed by atoms with Gasteiger partial charge in [-0.3, -0.25) is 4.98 Å². The molecular formula is C15H16N2. The number of para-hydroxylation sites is 1. The number of hydrogen-bond donors (Lipinski definition) is 1. The third-order valence-corrected chi connectivity index (χ3v) is 2.73. The van der Waals surface area contributed by atoms with Crippen molar-refractivity contribution in [3.05, 3.63) is 66.0 Å². The first-order chi connectivity index (χ1) is 8.18. The van der Waals surface area contributed by atoms with Gasteiger partial charge in [0, 0.05) is 11.9 Å². The van der Waals surface area contributed by atoms with E-state index in [1.54, 1.807) is 6.20 Å². The van der Waals surface area contributed by atoms with E-state index >= 15 is 0 Å². The molecule has 1 aromatic carbocycles. The summed E-state index contributed by atoms with van der Waals surface area (Å²) in [7, 11) is 0. The molecule has 0 saturated carbocycles. The molecule has 86 valence electrons. The molecule has 0 unspecified atom stereocenters. The fourth-order valence-electron chi connectivity index (χ4n) is 1.77. The van der Waals surface area contributed by atoms with Gasteiger partial charge in [-0.05, 0) is 37.1 Å². The monoisotopic (exact) mass is 224 g/mol. The summed E-state index contributed by atoms with van der Waals surface area (Å²) in [5, 5.41) is 3.34. The third kappa shape index (κ3) is 2.53. The fourth-order valence-corrected chi connectivity index (χ4v) is 1.77. The molecule has 1 N–H and O–H groups in total.